The van der Waals surface area contributed by atoms with E-state index in [1.165, 1.54) is 0 Å². The summed E-state index contributed by atoms with van der Waals surface area (Å²) in [6, 6.07) is 16.0. The van der Waals surface area contributed by atoms with Crippen LogP contribution in [-0.2, 0) is 0 Å². The molecule has 25 heavy (non-hydrogen) atoms. The summed E-state index contributed by atoms with van der Waals surface area (Å²) in [6.45, 7) is 11.3. The van der Waals surface area contributed by atoms with Gasteiger partial charge in [-0.05, 0) is 66.7 Å². The minimum atomic E-state index is -1.85. The second-order valence-electron chi connectivity index (χ2n) is 7.90. The number of fused-ring (bicyclic) bond motifs is 1. The Kier molecular flexibility index (Phi) is 4.41. The first-order chi connectivity index (χ1) is 11.7. The largest absolute Gasteiger partial charge is 0.543 e. The highest BCUT2D eigenvalue weighted by atomic mass is 28.4. The van der Waals surface area contributed by atoms with Crippen molar-refractivity contribution < 1.29 is 13.6 Å². The van der Waals surface area contributed by atoms with Crippen molar-refractivity contribution in [1.29, 1.82) is 0 Å². The zero-order valence-electron chi connectivity index (χ0n) is 15.8. The van der Waals surface area contributed by atoms with E-state index in [-0.39, 0.29) is 5.04 Å². The van der Waals surface area contributed by atoms with Crippen LogP contribution >= 0.6 is 0 Å². The minimum absolute atomic E-state index is 0.173. The summed E-state index contributed by atoms with van der Waals surface area (Å²) in [5.41, 5.74) is 1.90. The van der Waals surface area contributed by atoms with Gasteiger partial charge in [0.05, 0.1) is 7.11 Å². The first kappa shape index (κ1) is 17.6. The van der Waals surface area contributed by atoms with Crippen LogP contribution in [0.15, 0.2) is 52.9 Å². The van der Waals surface area contributed by atoms with Crippen LogP contribution < -0.4 is 9.16 Å². The highest BCUT2D eigenvalue weighted by molar-refractivity contribution is 6.74. The van der Waals surface area contributed by atoms with E-state index in [1.54, 1.807) is 7.11 Å². The zero-order valence-corrected chi connectivity index (χ0v) is 16.8. The third-order valence-corrected chi connectivity index (χ3v) is 9.40. The molecule has 132 valence electrons. The lowest BCUT2D eigenvalue weighted by atomic mass is 10.1. The molecule has 0 saturated carbocycles. The first-order valence-corrected chi connectivity index (χ1v) is 11.5. The van der Waals surface area contributed by atoms with Gasteiger partial charge in [0.1, 0.15) is 22.8 Å². The molecule has 0 fully saturated rings. The topological polar surface area (TPSA) is 31.6 Å². The molecule has 0 spiro atoms. The van der Waals surface area contributed by atoms with E-state index in [9.17, 15) is 0 Å². The van der Waals surface area contributed by atoms with E-state index in [0.29, 0.717) is 0 Å². The van der Waals surface area contributed by atoms with Gasteiger partial charge in [-0.25, -0.2) is 0 Å². The summed E-state index contributed by atoms with van der Waals surface area (Å²) in [5, 5.41) is 1.23. The summed E-state index contributed by atoms with van der Waals surface area (Å²) in [5.74, 6) is 2.60. The maximum Gasteiger partial charge on any atom is 0.250 e. The monoisotopic (exact) mass is 354 g/mol. The SMILES string of the molecule is COc1ccc(-c2cc3cc(O[Si](C)(C)C(C)(C)C)ccc3o2)cc1. The molecule has 0 N–H and O–H groups in total. The average molecular weight is 355 g/mol. The van der Waals surface area contributed by atoms with Gasteiger partial charge in [-0.3, -0.25) is 0 Å². The van der Waals surface area contributed by atoms with Crippen molar-refractivity contribution >= 4 is 19.3 Å². The molecule has 0 bridgehead atoms. The van der Waals surface area contributed by atoms with Crippen molar-refractivity contribution in [2.45, 2.75) is 38.9 Å². The Morgan fingerprint density at radius 1 is 0.880 bits per heavy atom. The van der Waals surface area contributed by atoms with Gasteiger partial charge in [-0.1, -0.05) is 20.8 Å². The summed E-state index contributed by atoms with van der Waals surface area (Å²) in [4.78, 5) is 0. The van der Waals surface area contributed by atoms with Gasteiger partial charge in [-0.2, -0.15) is 0 Å². The second kappa shape index (κ2) is 6.26. The zero-order chi connectivity index (χ0) is 18.2. The Morgan fingerprint density at radius 3 is 2.12 bits per heavy atom. The molecular weight excluding hydrogens is 328 g/mol. The molecule has 3 aromatic rings. The molecule has 0 aliphatic heterocycles. The van der Waals surface area contributed by atoms with E-state index in [1.807, 2.05) is 36.4 Å². The van der Waals surface area contributed by atoms with E-state index in [0.717, 1.165) is 33.8 Å². The van der Waals surface area contributed by atoms with Gasteiger partial charge in [-0.15, -0.1) is 0 Å². The fraction of sp³-hybridized carbons (Fsp3) is 0.333. The molecule has 4 heteroatoms. The lowest BCUT2D eigenvalue weighted by Gasteiger charge is -2.36. The molecule has 3 rings (SSSR count). The minimum Gasteiger partial charge on any atom is -0.543 e. The van der Waals surface area contributed by atoms with Gasteiger partial charge in [0.2, 0.25) is 8.32 Å². The second-order valence-corrected chi connectivity index (χ2v) is 12.6. The molecular formula is C21H26O3Si. The van der Waals surface area contributed by atoms with Crippen LogP contribution in [-0.4, -0.2) is 15.4 Å². The van der Waals surface area contributed by atoms with Crippen LogP contribution in [0.2, 0.25) is 18.1 Å². The molecule has 0 aliphatic rings. The van der Waals surface area contributed by atoms with E-state index in [4.69, 9.17) is 13.6 Å². The van der Waals surface area contributed by atoms with Crippen molar-refractivity contribution in [3.8, 4) is 22.8 Å². The maximum atomic E-state index is 6.40. The van der Waals surface area contributed by atoms with E-state index >= 15 is 0 Å². The number of hydrogen-bond acceptors (Lipinski definition) is 3. The molecule has 0 saturated heterocycles. The molecule has 0 amide bonds. The Balaban J connectivity index is 1.91. The van der Waals surface area contributed by atoms with Crippen molar-refractivity contribution in [3.05, 3.63) is 48.5 Å². The Hall–Kier alpha value is -2.20. The molecule has 3 nitrogen and oxygen atoms in total. The normalized spacial score (nSPS) is 12.4. The third kappa shape index (κ3) is 3.59. The number of methoxy groups -OCH3 is 1. The van der Waals surface area contributed by atoms with Crippen LogP contribution in [0.5, 0.6) is 11.5 Å². The number of hydrogen-bond donors (Lipinski definition) is 0. The van der Waals surface area contributed by atoms with Crippen LogP contribution in [0.4, 0.5) is 0 Å². The predicted octanol–water partition coefficient (Wildman–Crippen LogP) is 6.49. The van der Waals surface area contributed by atoms with Gasteiger partial charge in [0, 0.05) is 10.9 Å². The van der Waals surface area contributed by atoms with Crippen molar-refractivity contribution in [1.82, 2.24) is 0 Å². The number of furan rings is 1. The molecule has 2 aromatic carbocycles. The maximum absolute atomic E-state index is 6.40. The molecule has 0 unspecified atom stereocenters. The van der Waals surface area contributed by atoms with Gasteiger partial charge >= 0.3 is 0 Å². The van der Waals surface area contributed by atoms with E-state index < -0.39 is 8.32 Å². The lowest BCUT2D eigenvalue weighted by molar-refractivity contribution is 0.415. The molecule has 1 aromatic heterocycles. The standard InChI is InChI=1S/C21H26O3Si/c1-21(2,3)25(5,6)24-18-11-12-19-16(13-18)14-20(23-19)15-7-9-17(22-4)10-8-15/h7-14H,1-6H3. The summed E-state index contributed by atoms with van der Waals surface area (Å²) < 4.78 is 17.6. The Morgan fingerprint density at radius 2 is 1.52 bits per heavy atom. The summed E-state index contributed by atoms with van der Waals surface area (Å²) in [7, 11) is -0.178. The molecule has 0 atom stereocenters. The smallest absolute Gasteiger partial charge is 0.250 e. The van der Waals surface area contributed by atoms with Crippen LogP contribution in [0.3, 0.4) is 0 Å². The lowest BCUT2D eigenvalue weighted by Crippen LogP contribution is -2.43. The van der Waals surface area contributed by atoms with Gasteiger partial charge < -0.3 is 13.6 Å². The van der Waals surface area contributed by atoms with E-state index in [2.05, 4.69) is 46.0 Å². The fourth-order valence-corrected chi connectivity index (χ4v) is 3.45. The van der Waals surface area contributed by atoms with Gasteiger partial charge in [0.25, 0.3) is 0 Å². The number of rotatable bonds is 4. The fourth-order valence-electron chi connectivity index (χ4n) is 2.43. The van der Waals surface area contributed by atoms with Crippen molar-refractivity contribution in [2.24, 2.45) is 0 Å². The predicted molar refractivity (Wildman–Crippen MR) is 106 cm³/mol. The number of ether oxygens (including phenoxy) is 1. The van der Waals surface area contributed by atoms with Gasteiger partial charge in [0.15, 0.2) is 0 Å². The van der Waals surface area contributed by atoms with Crippen LogP contribution in [0, 0.1) is 0 Å². The molecule has 0 aliphatic carbocycles. The van der Waals surface area contributed by atoms with Crippen molar-refractivity contribution in [3.63, 3.8) is 0 Å². The summed E-state index contributed by atoms with van der Waals surface area (Å²) in [6.07, 6.45) is 0. The number of benzene rings is 2. The first-order valence-electron chi connectivity index (χ1n) is 8.57. The van der Waals surface area contributed by atoms with Crippen molar-refractivity contribution in [2.75, 3.05) is 7.11 Å². The Labute approximate surface area is 150 Å². The Bertz CT molecular complexity index is 870. The third-order valence-electron chi connectivity index (χ3n) is 5.04. The van der Waals surface area contributed by atoms with Crippen LogP contribution in [0.1, 0.15) is 20.8 Å². The average Bonchev–Trinajstić information content (AvgIpc) is 2.96. The molecule has 1 heterocycles. The van der Waals surface area contributed by atoms with Crippen LogP contribution in [0.25, 0.3) is 22.3 Å². The molecule has 0 radical (unpaired) electrons. The highest BCUT2D eigenvalue weighted by Crippen LogP contribution is 2.38. The summed E-state index contributed by atoms with van der Waals surface area (Å²) >= 11 is 0. The quantitative estimate of drug-likeness (QED) is 0.502. The highest BCUT2D eigenvalue weighted by Gasteiger charge is 2.39.